The molecule has 4 aromatic rings. The minimum absolute atomic E-state index is 0.00789. The summed E-state index contributed by atoms with van der Waals surface area (Å²) < 4.78 is 6.20. The minimum atomic E-state index is -0.846. The smallest absolute Gasteiger partial charge is 0.301 e. The van der Waals surface area contributed by atoms with Gasteiger partial charge in [-0.25, -0.2) is 4.98 Å². The zero-order valence-electron chi connectivity index (χ0n) is 18.8. The van der Waals surface area contributed by atoms with Crippen molar-refractivity contribution in [3.63, 3.8) is 0 Å². The van der Waals surface area contributed by atoms with E-state index in [0.717, 1.165) is 21.3 Å². The summed E-state index contributed by atoms with van der Waals surface area (Å²) in [6.07, 6.45) is 3.04. The Kier molecular flexibility index (Phi) is 5.37. The summed E-state index contributed by atoms with van der Waals surface area (Å²) in [5.74, 6) is -1.11. The number of aromatic nitrogens is 2. The zero-order chi connectivity index (χ0) is 24.0. The number of ether oxygens (including phenoxy) is 1. The van der Waals surface area contributed by atoms with Crippen molar-refractivity contribution in [2.75, 3.05) is 12.0 Å². The number of aryl methyl sites for hydroxylation is 2. The monoisotopic (exact) mass is 471 g/mol. The summed E-state index contributed by atoms with van der Waals surface area (Å²) in [4.78, 5) is 36.7. The van der Waals surface area contributed by atoms with Gasteiger partial charge < -0.3 is 9.84 Å². The van der Waals surface area contributed by atoms with Crippen LogP contribution >= 0.6 is 11.3 Å². The fraction of sp³-hybridized carbons (Fsp3) is 0.154. The molecule has 0 radical (unpaired) electrons. The quantitative estimate of drug-likeness (QED) is 0.257. The Morgan fingerprint density at radius 2 is 1.76 bits per heavy atom. The summed E-state index contributed by atoms with van der Waals surface area (Å²) >= 11 is 1.35. The number of rotatable bonds is 4. The fourth-order valence-corrected chi connectivity index (χ4v) is 5.43. The molecule has 1 N–H and O–H groups in total. The van der Waals surface area contributed by atoms with Gasteiger partial charge in [0, 0.05) is 18.0 Å². The number of carbonyl (C=O) groups excluding carboxylic acids is 2. The number of fused-ring (bicyclic) bond motifs is 1. The Labute approximate surface area is 200 Å². The Morgan fingerprint density at radius 3 is 2.44 bits per heavy atom. The van der Waals surface area contributed by atoms with E-state index in [1.807, 2.05) is 26.0 Å². The maximum atomic E-state index is 13.3. The van der Waals surface area contributed by atoms with Crippen molar-refractivity contribution in [1.82, 2.24) is 9.97 Å². The number of ketones is 1. The highest BCUT2D eigenvalue weighted by molar-refractivity contribution is 7.22. The van der Waals surface area contributed by atoms with Gasteiger partial charge in [-0.15, -0.1) is 0 Å². The molecule has 34 heavy (non-hydrogen) atoms. The molecule has 1 aliphatic rings. The lowest BCUT2D eigenvalue weighted by molar-refractivity contribution is -0.132. The average Bonchev–Trinajstić information content (AvgIpc) is 3.38. The maximum absolute atomic E-state index is 13.3. The number of benzene rings is 2. The van der Waals surface area contributed by atoms with Gasteiger partial charge in [0.15, 0.2) is 5.13 Å². The van der Waals surface area contributed by atoms with E-state index < -0.39 is 17.7 Å². The van der Waals surface area contributed by atoms with Crippen LogP contribution in [0.1, 0.15) is 28.3 Å². The minimum Gasteiger partial charge on any atom is -0.507 e. The second-order valence-corrected chi connectivity index (χ2v) is 9.11. The standard InChI is InChI=1S/C26H21N3O4S/c1-14-12-15(2)21-19(13-14)34-26(28-21)29-22(16-4-6-18(33-3)7-5-16)20(24(31)25(29)32)23(30)17-8-10-27-11-9-17/h4-13,22,30H,1-3H3. The molecule has 170 valence electrons. The van der Waals surface area contributed by atoms with Crippen LogP contribution in [0.4, 0.5) is 5.13 Å². The van der Waals surface area contributed by atoms with Crippen molar-refractivity contribution < 1.29 is 19.4 Å². The van der Waals surface area contributed by atoms with Crippen LogP contribution in [0, 0.1) is 13.8 Å². The number of aliphatic hydroxyl groups is 1. The van der Waals surface area contributed by atoms with Crippen LogP contribution in [0.15, 0.2) is 66.5 Å². The lowest BCUT2D eigenvalue weighted by atomic mass is 9.95. The molecule has 3 heterocycles. The number of hydrogen-bond donors (Lipinski definition) is 1. The van der Waals surface area contributed by atoms with Gasteiger partial charge in [-0.1, -0.05) is 29.5 Å². The van der Waals surface area contributed by atoms with Gasteiger partial charge in [0.1, 0.15) is 11.5 Å². The molecule has 5 rings (SSSR count). The van der Waals surface area contributed by atoms with Crippen LogP contribution in [-0.4, -0.2) is 33.9 Å². The highest BCUT2D eigenvalue weighted by atomic mass is 32.1. The van der Waals surface area contributed by atoms with E-state index in [9.17, 15) is 14.7 Å². The molecule has 1 saturated heterocycles. The molecule has 1 aliphatic heterocycles. The first-order chi connectivity index (χ1) is 16.4. The van der Waals surface area contributed by atoms with Gasteiger partial charge in [0.05, 0.1) is 28.9 Å². The van der Waals surface area contributed by atoms with E-state index in [1.54, 1.807) is 43.5 Å². The number of aliphatic hydroxyl groups excluding tert-OH is 1. The second kappa shape index (κ2) is 8.39. The number of methoxy groups -OCH3 is 1. The van der Waals surface area contributed by atoms with E-state index in [2.05, 4.69) is 4.98 Å². The molecule has 1 fully saturated rings. The van der Waals surface area contributed by atoms with E-state index >= 15 is 0 Å². The van der Waals surface area contributed by atoms with Gasteiger partial charge in [-0.05, 0) is 60.9 Å². The van der Waals surface area contributed by atoms with Gasteiger partial charge in [0.25, 0.3) is 5.78 Å². The Hall–Kier alpha value is -4.04. The molecule has 0 aliphatic carbocycles. The molecular weight excluding hydrogens is 450 g/mol. The largest absolute Gasteiger partial charge is 0.507 e. The van der Waals surface area contributed by atoms with Gasteiger partial charge in [-0.3, -0.25) is 19.5 Å². The summed E-state index contributed by atoms with van der Waals surface area (Å²) in [7, 11) is 1.57. The third kappa shape index (κ3) is 3.52. The van der Waals surface area contributed by atoms with Crippen LogP contribution in [0.2, 0.25) is 0 Å². The van der Waals surface area contributed by atoms with Crippen LogP contribution in [-0.2, 0) is 9.59 Å². The van der Waals surface area contributed by atoms with Crippen molar-refractivity contribution >= 4 is 44.1 Å². The van der Waals surface area contributed by atoms with Crippen molar-refractivity contribution in [2.45, 2.75) is 19.9 Å². The number of amides is 1. The van der Waals surface area contributed by atoms with E-state index in [-0.39, 0.29) is 11.3 Å². The first kappa shape index (κ1) is 21.8. The molecule has 1 amide bonds. The Balaban J connectivity index is 1.74. The van der Waals surface area contributed by atoms with E-state index in [4.69, 9.17) is 9.72 Å². The molecule has 2 aromatic heterocycles. The van der Waals surface area contributed by atoms with Crippen LogP contribution < -0.4 is 9.64 Å². The van der Waals surface area contributed by atoms with Crippen LogP contribution in [0.25, 0.3) is 16.0 Å². The van der Waals surface area contributed by atoms with E-state index in [0.29, 0.717) is 22.0 Å². The molecule has 7 nitrogen and oxygen atoms in total. The lowest BCUT2D eigenvalue weighted by Crippen LogP contribution is -2.29. The number of hydrogen-bond acceptors (Lipinski definition) is 7. The van der Waals surface area contributed by atoms with Gasteiger partial charge in [0.2, 0.25) is 0 Å². The molecule has 0 bridgehead atoms. The van der Waals surface area contributed by atoms with Crippen LogP contribution in [0.3, 0.4) is 0 Å². The van der Waals surface area contributed by atoms with Crippen molar-refractivity contribution in [2.24, 2.45) is 0 Å². The third-order valence-corrected chi connectivity index (χ3v) is 6.86. The highest BCUT2D eigenvalue weighted by Gasteiger charge is 2.48. The third-order valence-electron chi connectivity index (χ3n) is 5.85. The molecular formula is C26H21N3O4S. The number of thiazole rings is 1. The van der Waals surface area contributed by atoms with Crippen LogP contribution in [0.5, 0.6) is 5.75 Å². The van der Waals surface area contributed by atoms with E-state index in [1.165, 1.54) is 28.6 Å². The maximum Gasteiger partial charge on any atom is 0.301 e. The number of pyridine rings is 1. The van der Waals surface area contributed by atoms with Crippen molar-refractivity contribution in [1.29, 1.82) is 0 Å². The SMILES string of the molecule is COc1ccc(C2C(=C(O)c3ccncc3)C(=O)C(=O)N2c2nc3c(C)cc(C)cc3s2)cc1. The summed E-state index contributed by atoms with van der Waals surface area (Å²) in [5.41, 5.74) is 3.94. The lowest BCUT2D eigenvalue weighted by Gasteiger charge is -2.23. The summed E-state index contributed by atoms with van der Waals surface area (Å²) in [5, 5.41) is 11.5. The first-order valence-electron chi connectivity index (χ1n) is 10.6. The normalized spacial score (nSPS) is 17.5. The fourth-order valence-electron chi connectivity index (χ4n) is 4.26. The Morgan fingerprint density at radius 1 is 1.06 bits per heavy atom. The van der Waals surface area contributed by atoms with Gasteiger partial charge >= 0.3 is 5.91 Å². The number of anilines is 1. The summed E-state index contributed by atoms with van der Waals surface area (Å²) in [6, 6.07) is 13.5. The molecule has 1 unspecified atom stereocenters. The summed E-state index contributed by atoms with van der Waals surface area (Å²) in [6.45, 7) is 3.97. The van der Waals surface area contributed by atoms with Crippen molar-refractivity contribution in [3.05, 3.63) is 88.8 Å². The van der Waals surface area contributed by atoms with Gasteiger partial charge in [-0.2, -0.15) is 0 Å². The Bertz CT molecular complexity index is 1460. The first-order valence-corrected chi connectivity index (χ1v) is 11.4. The molecule has 0 saturated carbocycles. The zero-order valence-corrected chi connectivity index (χ0v) is 19.6. The predicted octanol–water partition coefficient (Wildman–Crippen LogP) is 4.94. The average molecular weight is 472 g/mol. The predicted molar refractivity (Wildman–Crippen MR) is 131 cm³/mol. The molecule has 8 heteroatoms. The molecule has 2 aromatic carbocycles. The topological polar surface area (TPSA) is 92.6 Å². The van der Waals surface area contributed by atoms with Crippen molar-refractivity contribution in [3.8, 4) is 5.75 Å². The number of nitrogens with zero attached hydrogens (tertiary/aromatic N) is 3. The second-order valence-electron chi connectivity index (χ2n) is 8.10. The number of Topliss-reactive ketones (excluding diaryl/α,β-unsaturated/α-hetero) is 1. The number of carbonyl (C=O) groups is 2. The molecule has 1 atom stereocenters. The highest BCUT2D eigenvalue weighted by Crippen LogP contribution is 2.44. The molecule has 0 spiro atoms.